The van der Waals surface area contributed by atoms with Gasteiger partial charge in [0.25, 0.3) is 0 Å². The third kappa shape index (κ3) is 3.60. The van der Waals surface area contributed by atoms with Crippen molar-refractivity contribution in [2.45, 2.75) is 6.92 Å². The molecule has 0 unspecified atom stereocenters. The minimum Gasteiger partial charge on any atom is -0.409 e. The first-order valence-electron chi connectivity index (χ1n) is 5.40. The van der Waals surface area contributed by atoms with E-state index in [9.17, 15) is 0 Å². The lowest BCUT2D eigenvalue weighted by Gasteiger charge is -2.22. The van der Waals surface area contributed by atoms with Crippen LogP contribution in [0, 0.1) is 0 Å². The number of pyridine rings is 1. The summed E-state index contributed by atoms with van der Waals surface area (Å²) in [5, 5.41) is 11.5. The molecular weight excluding hydrogens is 220 g/mol. The minimum absolute atomic E-state index is 0.00893. The Morgan fingerprint density at radius 2 is 2.41 bits per heavy atom. The Labute approximate surface area is 101 Å². The van der Waals surface area contributed by atoms with E-state index in [0.29, 0.717) is 12.3 Å². The SMILES string of the molecule is CCN(CCOC)c1ccnc(C(N)=NO)c1. The molecule has 0 bridgehead atoms. The second-order valence-corrected chi connectivity index (χ2v) is 3.46. The van der Waals surface area contributed by atoms with E-state index in [-0.39, 0.29) is 5.84 Å². The molecule has 0 radical (unpaired) electrons. The number of nitrogens with zero attached hydrogens (tertiary/aromatic N) is 3. The largest absolute Gasteiger partial charge is 0.409 e. The zero-order valence-corrected chi connectivity index (χ0v) is 10.1. The lowest BCUT2D eigenvalue weighted by atomic mass is 10.2. The van der Waals surface area contributed by atoms with Gasteiger partial charge in [0.1, 0.15) is 5.69 Å². The van der Waals surface area contributed by atoms with E-state index in [1.165, 1.54) is 0 Å². The Hall–Kier alpha value is -1.82. The van der Waals surface area contributed by atoms with Gasteiger partial charge in [0, 0.05) is 32.1 Å². The van der Waals surface area contributed by atoms with Crippen molar-refractivity contribution < 1.29 is 9.94 Å². The maximum atomic E-state index is 8.61. The van der Waals surface area contributed by atoms with Crippen molar-refractivity contribution in [2.75, 3.05) is 31.7 Å². The van der Waals surface area contributed by atoms with Crippen LogP contribution in [0.4, 0.5) is 5.69 Å². The zero-order valence-electron chi connectivity index (χ0n) is 10.1. The maximum Gasteiger partial charge on any atom is 0.188 e. The molecule has 1 heterocycles. The third-order valence-electron chi connectivity index (χ3n) is 2.43. The number of amidine groups is 1. The summed E-state index contributed by atoms with van der Waals surface area (Å²) in [5.41, 5.74) is 6.93. The number of ether oxygens (including phenoxy) is 1. The van der Waals surface area contributed by atoms with E-state index in [1.54, 1.807) is 19.4 Å². The van der Waals surface area contributed by atoms with E-state index < -0.39 is 0 Å². The van der Waals surface area contributed by atoms with E-state index in [2.05, 4.69) is 22.0 Å². The molecule has 0 fully saturated rings. The summed E-state index contributed by atoms with van der Waals surface area (Å²) >= 11 is 0. The highest BCUT2D eigenvalue weighted by molar-refractivity contribution is 5.95. The van der Waals surface area contributed by atoms with E-state index in [4.69, 9.17) is 15.7 Å². The first-order valence-corrected chi connectivity index (χ1v) is 5.40. The van der Waals surface area contributed by atoms with Crippen LogP contribution in [0.2, 0.25) is 0 Å². The molecule has 0 amide bonds. The summed E-state index contributed by atoms with van der Waals surface area (Å²) in [6.45, 7) is 4.34. The molecule has 1 aromatic heterocycles. The lowest BCUT2D eigenvalue weighted by Crippen LogP contribution is -2.27. The molecule has 0 spiro atoms. The molecule has 1 rings (SSSR count). The summed E-state index contributed by atoms with van der Waals surface area (Å²) < 4.78 is 5.05. The van der Waals surface area contributed by atoms with Crippen molar-refractivity contribution in [3.63, 3.8) is 0 Å². The maximum absolute atomic E-state index is 8.61. The van der Waals surface area contributed by atoms with Gasteiger partial charge >= 0.3 is 0 Å². The van der Waals surface area contributed by atoms with Crippen molar-refractivity contribution >= 4 is 11.5 Å². The van der Waals surface area contributed by atoms with Crippen LogP contribution in [0.15, 0.2) is 23.5 Å². The number of rotatable bonds is 6. The Kier molecular flexibility index (Phi) is 5.22. The van der Waals surface area contributed by atoms with Gasteiger partial charge in [-0.1, -0.05) is 5.16 Å². The van der Waals surface area contributed by atoms with Crippen molar-refractivity contribution in [3.05, 3.63) is 24.0 Å². The third-order valence-corrected chi connectivity index (χ3v) is 2.43. The molecule has 17 heavy (non-hydrogen) atoms. The molecule has 0 aliphatic rings. The number of aromatic nitrogens is 1. The van der Waals surface area contributed by atoms with Crippen molar-refractivity contribution in [1.29, 1.82) is 0 Å². The van der Waals surface area contributed by atoms with Crippen LogP contribution in [-0.4, -0.2) is 42.8 Å². The summed E-state index contributed by atoms with van der Waals surface area (Å²) in [4.78, 5) is 6.16. The molecule has 6 nitrogen and oxygen atoms in total. The monoisotopic (exact) mass is 238 g/mol. The van der Waals surface area contributed by atoms with Gasteiger partial charge in [-0.25, -0.2) is 0 Å². The Morgan fingerprint density at radius 1 is 1.65 bits per heavy atom. The van der Waals surface area contributed by atoms with Gasteiger partial charge in [-0.15, -0.1) is 0 Å². The number of nitrogens with two attached hydrogens (primary N) is 1. The number of likely N-dealkylation sites (N-methyl/N-ethyl adjacent to an activating group) is 1. The molecule has 0 aliphatic heterocycles. The van der Waals surface area contributed by atoms with Crippen LogP contribution in [0.1, 0.15) is 12.6 Å². The number of oxime groups is 1. The Morgan fingerprint density at radius 3 is 3.00 bits per heavy atom. The van der Waals surface area contributed by atoms with Gasteiger partial charge in [0.2, 0.25) is 0 Å². The van der Waals surface area contributed by atoms with Crippen molar-refractivity contribution in [3.8, 4) is 0 Å². The highest BCUT2D eigenvalue weighted by Gasteiger charge is 2.07. The van der Waals surface area contributed by atoms with E-state index in [0.717, 1.165) is 18.8 Å². The van der Waals surface area contributed by atoms with Crippen molar-refractivity contribution in [2.24, 2.45) is 10.9 Å². The molecule has 94 valence electrons. The predicted octanol–water partition coefficient (Wildman–Crippen LogP) is 0.649. The van der Waals surface area contributed by atoms with E-state index >= 15 is 0 Å². The van der Waals surface area contributed by atoms with Crippen LogP contribution in [0.25, 0.3) is 0 Å². The normalized spacial score (nSPS) is 11.5. The second kappa shape index (κ2) is 6.70. The first-order chi connectivity index (χ1) is 8.22. The van der Waals surface area contributed by atoms with Gasteiger partial charge in [0.15, 0.2) is 5.84 Å². The molecule has 0 saturated heterocycles. The predicted molar refractivity (Wildman–Crippen MR) is 66.5 cm³/mol. The second-order valence-electron chi connectivity index (χ2n) is 3.46. The fourth-order valence-corrected chi connectivity index (χ4v) is 1.48. The van der Waals surface area contributed by atoms with Crippen LogP contribution >= 0.6 is 0 Å². The van der Waals surface area contributed by atoms with Gasteiger partial charge in [-0.3, -0.25) is 4.98 Å². The van der Waals surface area contributed by atoms with E-state index in [1.807, 2.05) is 6.07 Å². The first kappa shape index (κ1) is 13.2. The molecule has 0 atom stereocenters. The zero-order chi connectivity index (χ0) is 12.7. The highest BCUT2D eigenvalue weighted by Crippen LogP contribution is 2.14. The average molecular weight is 238 g/mol. The molecular formula is C11H18N4O2. The number of anilines is 1. The van der Waals surface area contributed by atoms with Crippen molar-refractivity contribution in [1.82, 2.24) is 4.98 Å². The standard InChI is InChI=1S/C11H18N4O2/c1-3-15(6-7-17-2)9-4-5-13-10(8-9)11(12)14-16/h4-5,8,16H,3,6-7H2,1-2H3,(H2,12,14). The van der Waals surface area contributed by atoms with Crippen LogP contribution in [-0.2, 0) is 4.74 Å². The lowest BCUT2D eigenvalue weighted by molar-refractivity contribution is 0.205. The Balaban J connectivity index is 2.88. The number of hydrogen-bond acceptors (Lipinski definition) is 5. The van der Waals surface area contributed by atoms with Crippen LogP contribution in [0.3, 0.4) is 0 Å². The fourth-order valence-electron chi connectivity index (χ4n) is 1.48. The summed E-state index contributed by atoms with van der Waals surface area (Å²) in [5.74, 6) is 0.00893. The van der Waals surface area contributed by atoms with Gasteiger partial charge in [-0.2, -0.15) is 0 Å². The number of hydrogen-bond donors (Lipinski definition) is 2. The molecule has 6 heteroatoms. The topological polar surface area (TPSA) is 84.0 Å². The van der Waals surface area contributed by atoms with Crippen LogP contribution in [0.5, 0.6) is 0 Å². The van der Waals surface area contributed by atoms with Gasteiger partial charge in [-0.05, 0) is 19.1 Å². The number of methoxy groups -OCH3 is 1. The Bertz CT molecular complexity index is 381. The molecule has 0 saturated carbocycles. The molecule has 1 aromatic rings. The quantitative estimate of drug-likeness (QED) is 0.329. The van der Waals surface area contributed by atoms with Gasteiger partial charge in [0.05, 0.1) is 6.61 Å². The summed E-state index contributed by atoms with van der Waals surface area (Å²) in [7, 11) is 1.67. The average Bonchev–Trinajstić information content (AvgIpc) is 2.39. The molecule has 0 aromatic carbocycles. The summed E-state index contributed by atoms with van der Waals surface area (Å²) in [6.07, 6.45) is 1.64. The fraction of sp³-hybridized carbons (Fsp3) is 0.455. The molecule has 3 N–H and O–H groups in total. The molecule has 0 aliphatic carbocycles. The highest BCUT2D eigenvalue weighted by atomic mass is 16.5. The minimum atomic E-state index is 0.00893. The smallest absolute Gasteiger partial charge is 0.188 e. The van der Waals surface area contributed by atoms with Gasteiger partial charge < -0.3 is 20.6 Å². The van der Waals surface area contributed by atoms with Crippen LogP contribution < -0.4 is 10.6 Å². The summed E-state index contributed by atoms with van der Waals surface area (Å²) in [6, 6.07) is 3.67.